The van der Waals surface area contributed by atoms with Gasteiger partial charge in [-0.05, 0) is 56.4 Å². The molecule has 1 aliphatic carbocycles. The van der Waals surface area contributed by atoms with Crippen molar-refractivity contribution in [3.63, 3.8) is 0 Å². The average Bonchev–Trinajstić information content (AvgIpc) is 2.98. The number of pyridine rings is 1. The molecular weight excluding hydrogens is 394 g/mol. The maximum absolute atomic E-state index is 13.4. The largest absolute Gasteiger partial charge is 0.362 e. The lowest BCUT2D eigenvalue weighted by Gasteiger charge is -2.39. The minimum absolute atomic E-state index is 0.0962. The molecule has 156 valence electrons. The van der Waals surface area contributed by atoms with E-state index in [0.29, 0.717) is 17.8 Å². The van der Waals surface area contributed by atoms with Crippen LogP contribution in [0.1, 0.15) is 54.8 Å². The lowest BCUT2D eigenvalue weighted by molar-refractivity contribution is -0.118. The van der Waals surface area contributed by atoms with E-state index in [1.807, 2.05) is 19.1 Å². The van der Waals surface area contributed by atoms with Crippen LogP contribution in [0.3, 0.4) is 0 Å². The normalized spacial score (nSPS) is 20.7. The molecule has 4 rings (SSSR count). The summed E-state index contributed by atoms with van der Waals surface area (Å²) < 4.78 is 0. The molecule has 1 aliphatic heterocycles. The van der Waals surface area contributed by atoms with Crippen molar-refractivity contribution in [3.05, 3.63) is 68.3 Å². The summed E-state index contributed by atoms with van der Waals surface area (Å²) in [6.07, 6.45) is 2.92. The molecule has 0 spiro atoms. The summed E-state index contributed by atoms with van der Waals surface area (Å²) in [4.78, 5) is 33.3. The molecule has 1 amide bonds. The predicted octanol–water partition coefficient (Wildman–Crippen LogP) is 5.00. The molecular formula is C24H27N3O2S. The van der Waals surface area contributed by atoms with Crippen LogP contribution in [-0.4, -0.2) is 16.7 Å². The molecule has 0 saturated heterocycles. The second kappa shape index (κ2) is 7.51. The predicted molar refractivity (Wildman–Crippen MR) is 120 cm³/mol. The van der Waals surface area contributed by atoms with Crippen LogP contribution in [0.5, 0.6) is 0 Å². The number of aromatic nitrogens is 1. The van der Waals surface area contributed by atoms with E-state index < -0.39 is 0 Å². The van der Waals surface area contributed by atoms with E-state index in [-0.39, 0.29) is 23.0 Å². The monoisotopic (exact) mass is 421 g/mol. The summed E-state index contributed by atoms with van der Waals surface area (Å²) in [6, 6.07) is 7.52. The van der Waals surface area contributed by atoms with Gasteiger partial charge in [0.25, 0.3) is 5.91 Å². The zero-order chi connectivity index (χ0) is 21.6. The Bertz CT molecular complexity index is 1090. The van der Waals surface area contributed by atoms with Crippen LogP contribution in [-0.2, 0) is 9.59 Å². The summed E-state index contributed by atoms with van der Waals surface area (Å²) in [7, 11) is 0. The zero-order valence-corrected chi connectivity index (χ0v) is 18.9. The number of nitrogens with one attached hydrogen (secondary N) is 2. The van der Waals surface area contributed by atoms with Crippen LogP contribution in [0.15, 0.2) is 53.0 Å². The van der Waals surface area contributed by atoms with E-state index in [0.717, 1.165) is 33.8 Å². The molecule has 0 fully saturated rings. The first-order valence-corrected chi connectivity index (χ1v) is 11.0. The van der Waals surface area contributed by atoms with Crippen molar-refractivity contribution in [1.82, 2.24) is 10.3 Å². The SMILES string of the molecule is CC1=C(C(=O)Nc2ccccn2)[C@@H](c2cc(C)sc2C)C2=C(CC(C)(C)CC2=O)N1. The summed E-state index contributed by atoms with van der Waals surface area (Å²) in [5.74, 6) is 0.0305. The van der Waals surface area contributed by atoms with Crippen molar-refractivity contribution in [3.8, 4) is 0 Å². The van der Waals surface area contributed by atoms with E-state index in [1.165, 1.54) is 4.88 Å². The molecule has 2 N–H and O–H groups in total. The molecule has 0 unspecified atom stereocenters. The minimum atomic E-state index is -0.362. The molecule has 2 aliphatic rings. The Balaban J connectivity index is 1.83. The number of anilines is 1. The highest BCUT2D eigenvalue weighted by Crippen LogP contribution is 2.48. The number of hydrogen-bond donors (Lipinski definition) is 2. The van der Waals surface area contributed by atoms with Gasteiger partial charge in [0, 0.05) is 50.8 Å². The average molecular weight is 422 g/mol. The molecule has 3 heterocycles. The fourth-order valence-corrected chi connectivity index (χ4v) is 5.57. The number of dihydropyridines is 1. The number of ketones is 1. The molecule has 0 radical (unpaired) electrons. The third kappa shape index (κ3) is 3.72. The number of carbonyl (C=O) groups is 2. The summed E-state index contributed by atoms with van der Waals surface area (Å²) in [5.41, 5.74) is 4.03. The van der Waals surface area contributed by atoms with Crippen LogP contribution in [0.2, 0.25) is 0 Å². The molecule has 2 aromatic rings. The van der Waals surface area contributed by atoms with E-state index in [9.17, 15) is 9.59 Å². The number of carbonyl (C=O) groups excluding carboxylic acids is 2. The van der Waals surface area contributed by atoms with Crippen molar-refractivity contribution in [2.75, 3.05) is 5.32 Å². The van der Waals surface area contributed by atoms with Gasteiger partial charge in [-0.15, -0.1) is 11.3 Å². The van der Waals surface area contributed by atoms with Gasteiger partial charge in [-0.3, -0.25) is 9.59 Å². The Morgan fingerprint density at radius 2 is 2.00 bits per heavy atom. The van der Waals surface area contributed by atoms with Crippen molar-refractivity contribution < 1.29 is 9.59 Å². The van der Waals surface area contributed by atoms with Gasteiger partial charge in [-0.25, -0.2) is 4.98 Å². The van der Waals surface area contributed by atoms with Crippen LogP contribution >= 0.6 is 11.3 Å². The third-order valence-corrected chi connectivity index (χ3v) is 6.76. The second-order valence-corrected chi connectivity index (χ2v) is 10.4. The van der Waals surface area contributed by atoms with Gasteiger partial charge in [0.15, 0.2) is 5.78 Å². The topological polar surface area (TPSA) is 71.1 Å². The Labute approximate surface area is 181 Å². The quantitative estimate of drug-likeness (QED) is 0.731. The Morgan fingerprint density at radius 1 is 1.23 bits per heavy atom. The fraction of sp³-hybridized carbons (Fsp3) is 0.375. The summed E-state index contributed by atoms with van der Waals surface area (Å²) >= 11 is 1.70. The van der Waals surface area contributed by atoms with Crippen LogP contribution in [0, 0.1) is 19.3 Å². The number of amides is 1. The lowest BCUT2D eigenvalue weighted by atomic mass is 9.68. The number of hydrogen-bond acceptors (Lipinski definition) is 5. The number of thiophene rings is 1. The van der Waals surface area contributed by atoms with Crippen LogP contribution < -0.4 is 10.6 Å². The first-order valence-electron chi connectivity index (χ1n) is 10.2. The van der Waals surface area contributed by atoms with Gasteiger partial charge in [0.05, 0.1) is 0 Å². The molecule has 6 heteroatoms. The molecule has 0 bridgehead atoms. The second-order valence-electron chi connectivity index (χ2n) is 8.97. The van der Waals surface area contributed by atoms with E-state index >= 15 is 0 Å². The number of allylic oxidation sites excluding steroid dienone is 3. The number of Topliss-reactive ketones (excluding diaryl/α,β-unsaturated/α-hetero) is 1. The molecule has 2 aromatic heterocycles. The first-order chi connectivity index (χ1) is 14.2. The van der Waals surface area contributed by atoms with Gasteiger partial charge < -0.3 is 10.6 Å². The molecule has 5 nitrogen and oxygen atoms in total. The van der Waals surface area contributed by atoms with Crippen molar-refractivity contribution in [1.29, 1.82) is 0 Å². The third-order valence-electron chi connectivity index (χ3n) is 5.78. The maximum atomic E-state index is 13.4. The zero-order valence-electron chi connectivity index (χ0n) is 18.1. The highest BCUT2D eigenvalue weighted by molar-refractivity contribution is 7.12. The Kier molecular flexibility index (Phi) is 5.14. The number of nitrogens with zero attached hydrogens (tertiary/aromatic N) is 1. The van der Waals surface area contributed by atoms with Crippen molar-refractivity contribution in [2.45, 2.75) is 53.4 Å². The van der Waals surface area contributed by atoms with E-state index in [2.05, 4.69) is 49.4 Å². The van der Waals surface area contributed by atoms with Gasteiger partial charge in [-0.2, -0.15) is 0 Å². The van der Waals surface area contributed by atoms with Crippen LogP contribution in [0.4, 0.5) is 5.82 Å². The molecule has 0 saturated carbocycles. The van der Waals surface area contributed by atoms with E-state index in [4.69, 9.17) is 0 Å². The van der Waals surface area contributed by atoms with Crippen molar-refractivity contribution in [2.24, 2.45) is 5.41 Å². The van der Waals surface area contributed by atoms with Gasteiger partial charge in [-0.1, -0.05) is 19.9 Å². The first kappa shape index (κ1) is 20.5. The minimum Gasteiger partial charge on any atom is -0.362 e. The number of rotatable bonds is 3. The summed E-state index contributed by atoms with van der Waals surface area (Å²) in [6.45, 7) is 10.3. The smallest absolute Gasteiger partial charge is 0.255 e. The van der Waals surface area contributed by atoms with Gasteiger partial charge in [0.1, 0.15) is 5.82 Å². The lowest BCUT2D eigenvalue weighted by Crippen LogP contribution is -2.39. The van der Waals surface area contributed by atoms with Crippen LogP contribution in [0.25, 0.3) is 0 Å². The Hall–Kier alpha value is -2.73. The Morgan fingerprint density at radius 3 is 2.63 bits per heavy atom. The molecule has 0 aromatic carbocycles. The number of aryl methyl sites for hydroxylation is 2. The molecule has 1 atom stereocenters. The maximum Gasteiger partial charge on any atom is 0.255 e. The molecule has 30 heavy (non-hydrogen) atoms. The van der Waals surface area contributed by atoms with Gasteiger partial charge in [0.2, 0.25) is 0 Å². The highest BCUT2D eigenvalue weighted by Gasteiger charge is 2.43. The fourth-order valence-electron chi connectivity index (χ4n) is 4.61. The van der Waals surface area contributed by atoms with E-state index in [1.54, 1.807) is 23.6 Å². The standard InChI is InChI=1S/C24H27N3O2S/c1-13-10-16(15(3)30-13)21-20(23(29)27-19-8-6-7-9-25-19)14(2)26-17-11-24(4,5)12-18(28)22(17)21/h6-10,21,26H,11-12H2,1-5H3,(H,25,27,29)/t21-/m1/s1. The summed E-state index contributed by atoms with van der Waals surface area (Å²) in [5, 5.41) is 6.32. The van der Waals surface area contributed by atoms with Crippen molar-refractivity contribution >= 4 is 28.8 Å². The van der Waals surface area contributed by atoms with Gasteiger partial charge >= 0.3 is 0 Å². The highest BCUT2D eigenvalue weighted by atomic mass is 32.1.